The zero-order valence-corrected chi connectivity index (χ0v) is 18.0. The number of ether oxygens (including phenoxy) is 2. The normalized spacial score (nSPS) is 12.9. The maximum absolute atomic E-state index is 13.3. The van der Waals surface area contributed by atoms with Crippen LogP contribution in [0, 0.1) is 0 Å². The molecule has 0 unspecified atom stereocenters. The number of alkyl halides is 3. The van der Waals surface area contributed by atoms with E-state index >= 15 is 0 Å². The molecule has 1 heterocycles. The Balaban J connectivity index is 1.59. The summed E-state index contributed by atoms with van der Waals surface area (Å²) in [4.78, 5) is 3.87. The Kier molecular flexibility index (Phi) is 6.05. The number of para-hydroxylation sites is 1. The number of hydrogen-bond donors (Lipinski definition) is 0. The molecule has 0 aromatic heterocycles. The van der Waals surface area contributed by atoms with Crippen LogP contribution in [0.15, 0.2) is 70.5 Å². The van der Waals surface area contributed by atoms with Gasteiger partial charge in [0.05, 0.1) is 31.2 Å². The summed E-state index contributed by atoms with van der Waals surface area (Å²) in [6, 6.07) is 17.6. The first kappa shape index (κ1) is 21.4. The fourth-order valence-electron chi connectivity index (χ4n) is 3.72. The molecule has 0 bridgehead atoms. The molecule has 1 aliphatic heterocycles. The molecule has 0 fully saturated rings. The zero-order valence-electron chi connectivity index (χ0n) is 17.2. The van der Waals surface area contributed by atoms with Crippen LogP contribution in [0.2, 0.25) is 0 Å². The van der Waals surface area contributed by atoms with Gasteiger partial charge < -0.3 is 14.4 Å². The lowest BCUT2D eigenvalue weighted by molar-refractivity contribution is -0.137. The minimum absolute atomic E-state index is 0.597. The molecule has 3 aromatic rings. The third kappa shape index (κ3) is 4.46. The van der Waals surface area contributed by atoms with Crippen LogP contribution in [-0.4, -0.2) is 20.8 Å². The second kappa shape index (κ2) is 8.75. The van der Waals surface area contributed by atoms with Gasteiger partial charge in [0.2, 0.25) is 0 Å². The Bertz CT molecular complexity index is 1080. The van der Waals surface area contributed by atoms with Crippen molar-refractivity contribution in [3.8, 4) is 11.5 Å². The van der Waals surface area contributed by atoms with Gasteiger partial charge in [-0.1, -0.05) is 30.0 Å². The molecular formula is C24H22F3NO2S. The first-order valence-electron chi connectivity index (χ1n) is 9.87. The van der Waals surface area contributed by atoms with E-state index in [2.05, 4.69) is 0 Å². The van der Waals surface area contributed by atoms with Crippen LogP contribution >= 0.6 is 11.8 Å². The van der Waals surface area contributed by atoms with Gasteiger partial charge >= 0.3 is 6.18 Å². The molecule has 0 atom stereocenters. The van der Waals surface area contributed by atoms with Crippen molar-refractivity contribution in [2.24, 2.45) is 0 Å². The summed E-state index contributed by atoms with van der Waals surface area (Å²) >= 11 is 1.51. The molecule has 31 heavy (non-hydrogen) atoms. The SMILES string of the molecule is COc1ccc(CCCN2c3ccccc3Sc3ccc(C(F)(F)F)cc32)cc1OC. The summed E-state index contributed by atoms with van der Waals surface area (Å²) in [5, 5.41) is 0. The highest BCUT2D eigenvalue weighted by Crippen LogP contribution is 2.49. The van der Waals surface area contributed by atoms with Crippen molar-refractivity contribution in [3.63, 3.8) is 0 Å². The predicted octanol–water partition coefficient (Wildman–Crippen LogP) is 6.96. The number of benzene rings is 3. The van der Waals surface area contributed by atoms with Crippen LogP contribution in [0.1, 0.15) is 17.5 Å². The lowest BCUT2D eigenvalue weighted by Gasteiger charge is -2.33. The van der Waals surface area contributed by atoms with Gasteiger partial charge in [0.15, 0.2) is 11.5 Å². The van der Waals surface area contributed by atoms with Gasteiger partial charge in [-0.2, -0.15) is 13.2 Å². The summed E-state index contributed by atoms with van der Waals surface area (Å²) in [7, 11) is 3.19. The number of aryl methyl sites for hydroxylation is 1. The molecule has 0 saturated carbocycles. The van der Waals surface area contributed by atoms with Gasteiger partial charge in [-0.3, -0.25) is 0 Å². The minimum Gasteiger partial charge on any atom is -0.493 e. The summed E-state index contributed by atoms with van der Waals surface area (Å²) in [5.41, 5.74) is 2.00. The lowest BCUT2D eigenvalue weighted by Crippen LogP contribution is -2.23. The minimum atomic E-state index is -4.37. The third-order valence-corrected chi connectivity index (χ3v) is 6.38. The van der Waals surface area contributed by atoms with E-state index in [1.54, 1.807) is 20.3 Å². The smallest absolute Gasteiger partial charge is 0.416 e. The maximum atomic E-state index is 13.3. The van der Waals surface area contributed by atoms with Crippen molar-refractivity contribution in [2.75, 3.05) is 25.7 Å². The van der Waals surface area contributed by atoms with Gasteiger partial charge in [0.1, 0.15) is 0 Å². The molecule has 0 amide bonds. The molecular weight excluding hydrogens is 423 g/mol. The van der Waals surface area contributed by atoms with Crippen LogP contribution in [0.25, 0.3) is 0 Å². The second-order valence-corrected chi connectivity index (χ2v) is 8.28. The highest BCUT2D eigenvalue weighted by atomic mass is 32.2. The molecule has 0 N–H and O–H groups in total. The summed E-state index contributed by atoms with van der Waals surface area (Å²) in [6.45, 7) is 0.597. The van der Waals surface area contributed by atoms with E-state index in [0.717, 1.165) is 39.9 Å². The van der Waals surface area contributed by atoms with Crippen LogP contribution in [0.5, 0.6) is 11.5 Å². The molecule has 1 aliphatic rings. The van der Waals surface area contributed by atoms with E-state index < -0.39 is 11.7 Å². The first-order valence-corrected chi connectivity index (χ1v) is 10.7. The van der Waals surface area contributed by atoms with Gasteiger partial charge in [-0.05, 0) is 60.9 Å². The standard InChI is InChI=1S/C24H22F3NO2S/c1-29-20-11-9-16(14-21(20)30-2)6-5-13-28-18-7-3-4-8-22(18)31-23-12-10-17(15-19(23)28)24(25,26)27/h3-4,7-12,14-15H,5-6,13H2,1-2H3. The van der Waals surface area contributed by atoms with E-state index in [4.69, 9.17) is 9.47 Å². The molecule has 0 saturated heterocycles. The van der Waals surface area contributed by atoms with Crippen molar-refractivity contribution in [3.05, 3.63) is 71.8 Å². The largest absolute Gasteiger partial charge is 0.493 e. The first-order chi connectivity index (χ1) is 14.9. The Morgan fingerprint density at radius 3 is 2.32 bits per heavy atom. The monoisotopic (exact) mass is 445 g/mol. The quantitative estimate of drug-likeness (QED) is 0.409. The Labute approximate surface area is 183 Å². The number of anilines is 2. The molecule has 4 rings (SSSR count). The third-order valence-electron chi connectivity index (χ3n) is 5.25. The van der Waals surface area contributed by atoms with Crippen LogP contribution in [-0.2, 0) is 12.6 Å². The number of fused-ring (bicyclic) bond motifs is 2. The number of hydrogen-bond acceptors (Lipinski definition) is 4. The lowest BCUT2D eigenvalue weighted by atomic mass is 10.1. The van der Waals surface area contributed by atoms with Crippen molar-refractivity contribution >= 4 is 23.1 Å². The van der Waals surface area contributed by atoms with E-state index in [9.17, 15) is 13.2 Å². The topological polar surface area (TPSA) is 21.7 Å². The van der Waals surface area contributed by atoms with E-state index in [1.165, 1.54) is 17.8 Å². The van der Waals surface area contributed by atoms with Crippen molar-refractivity contribution in [1.29, 1.82) is 0 Å². The fourth-order valence-corrected chi connectivity index (χ4v) is 4.80. The van der Waals surface area contributed by atoms with E-state index in [1.807, 2.05) is 47.4 Å². The van der Waals surface area contributed by atoms with E-state index in [-0.39, 0.29) is 0 Å². The molecule has 3 aromatic carbocycles. The van der Waals surface area contributed by atoms with Crippen molar-refractivity contribution in [1.82, 2.24) is 0 Å². The molecule has 0 aliphatic carbocycles. The molecule has 3 nitrogen and oxygen atoms in total. The Morgan fingerprint density at radius 1 is 0.839 bits per heavy atom. The maximum Gasteiger partial charge on any atom is 0.416 e. The average molecular weight is 446 g/mol. The van der Waals surface area contributed by atoms with Gasteiger partial charge in [0, 0.05) is 16.3 Å². The molecule has 0 spiro atoms. The number of halogens is 3. The highest BCUT2D eigenvalue weighted by molar-refractivity contribution is 7.99. The zero-order chi connectivity index (χ0) is 22.0. The van der Waals surface area contributed by atoms with Crippen molar-refractivity contribution in [2.45, 2.75) is 28.8 Å². The Hall–Kier alpha value is -2.80. The van der Waals surface area contributed by atoms with E-state index in [0.29, 0.717) is 23.7 Å². The summed E-state index contributed by atoms with van der Waals surface area (Å²) in [5.74, 6) is 1.33. The number of nitrogens with zero attached hydrogens (tertiary/aromatic N) is 1. The molecule has 7 heteroatoms. The van der Waals surface area contributed by atoms with Crippen LogP contribution < -0.4 is 14.4 Å². The van der Waals surface area contributed by atoms with Crippen molar-refractivity contribution < 1.29 is 22.6 Å². The second-order valence-electron chi connectivity index (χ2n) is 7.19. The van der Waals surface area contributed by atoms with Gasteiger partial charge in [0.25, 0.3) is 0 Å². The Morgan fingerprint density at radius 2 is 1.58 bits per heavy atom. The fraction of sp³-hybridized carbons (Fsp3) is 0.250. The van der Waals surface area contributed by atoms with Crippen LogP contribution in [0.3, 0.4) is 0 Å². The summed E-state index contributed by atoms with van der Waals surface area (Å²) < 4.78 is 50.7. The highest BCUT2D eigenvalue weighted by Gasteiger charge is 2.33. The molecule has 0 radical (unpaired) electrons. The van der Waals surface area contributed by atoms with Gasteiger partial charge in [-0.15, -0.1) is 0 Å². The van der Waals surface area contributed by atoms with Gasteiger partial charge in [-0.25, -0.2) is 0 Å². The summed E-state index contributed by atoms with van der Waals surface area (Å²) in [6.07, 6.45) is -2.84. The number of rotatable bonds is 6. The molecule has 162 valence electrons. The van der Waals surface area contributed by atoms with Crippen LogP contribution in [0.4, 0.5) is 24.5 Å². The number of methoxy groups -OCH3 is 2. The average Bonchev–Trinajstić information content (AvgIpc) is 2.77. The predicted molar refractivity (Wildman–Crippen MR) is 117 cm³/mol.